The summed E-state index contributed by atoms with van der Waals surface area (Å²) < 4.78 is 109. The maximum Gasteiger partial charge on any atom is 0.335 e. The normalized spacial score (nSPS) is 42.7. The van der Waals surface area contributed by atoms with Crippen LogP contribution in [0.4, 0.5) is 0 Å². The Morgan fingerprint density at radius 2 is 0.838 bits per heavy atom. The minimum absolute atomic E-state index is 0.338. The van der Waals surface area contributed by atoms with E-state index in [1.807, 2.05) is 0 Å². The third-order valence-corrected chi connectivity index (χ3v) is 12.8. The van der Waals surface area contributed by atoms with E-state index in [4.69, 9.17) is 95.7 Å². The summed E-state index contributed by atoms with van der Waals surface area (Å²) in [5.41, 5.74) is 6.52. The highest BCUT2D eigenvalue weighted by Gasteiger charge is 2.60. The van der Waals surface area contributed by atoms with E-state index in [1.54, 1.807) is 0 Å². The molecule has 5 rings (SSSR count). The first-order valence-electron chi connectivity index (χ1n) is 23.0. The molecule has 5 fully saturated rings. The van der Waals surface area contributed by atoms with Crippen molar-refractivity contribution in [2.45, 2.75) is 174 Å². The Labute approximate surface area is 423 Å². The van der Waals surface area contributed by atoms with Gasteiger partial charge in [0.1, 0.15) is 111 Å². The van der Waals surface area contributed by atoms with E-state index < -0.39 is 197 Å². The molecule has 10 unspecified atom stereocenters. The summed E-state index contributed by atoms with van der Waals surface area (Å²) >= 11 is 0. The van der Waals surface area contributed by atoms with Gasteiger partial charge in [0.2, 0.25) is 0 Å². The van der Waals surface area contributed by atoms with Crippen LogP contribution in [0.3, 0.4) is 0 Å². The number of aliphatic hydroxyl groups excluding tert-OH is 4. The molecule has 0 aromatic rings. The van der Waals surface area contributed by atoms with Gasteiger partial charge in [-0.25, -0.2) is 9.59 Å². The molecule has 5 aliphatic rings. The molecule has 74 heavy (non-hydrogen) atoms. The molecule has 31 heteroatoms. The molecule has 25 atom stereocenters. The van der Waals surface area contributed by atoms with Crippen LogP contribution in [0.25, 0.3) is 0 Å². The zero-order chi connectivity index (χ0) is 54.9. The lowest BCUT2D eigenvalue weighted by Gasteiger charge is -2.51. The lowest BCUT2D eigenvalue weighted by molar-refractivity contribution is -0.389. The number of carbonyl (C=O) groups is 5. The first-order chi connectivity index (χ1) is 35.1. The summed E-state index contributed by atoms with van der Waals surface area (Å²) in [5.74, 6) is -5.85. The van der Waals surface area contributed by atoms with E-state index in [-0.39, 0.29) is 6.61 Å². The van der Waals surface area contributed by atoms with Crippen LogP contribution in [0.15, 0.2) is 0 Å². The summed E-state index contributed by atoms with van der Waals surface area (Å²) in [5, 5.41) is 64.8. The molecule has 31 nitrogen and oxygen atoms in total. The van der Waals surface area contributed by atoms with E-state index in [9.17, 15) is 54.6 Å². The zero-order valence-electron chi connectivity index (χ0n) is 42.1. The van der Waals surface area contributed by atoms with Gasteiger partial charge < -0.3 is 126 Å². The van der Waals surface area contributed by atoms with Crippen LogP contribution in [-0.4, -0.2) is 284 Å². The largest absolute Gasteiger partial charge is 0.479 e. The molecule has 0 aromatic carbocycles. The number of aliphatic hydroxyl groups is 4. The van der Waals surface area contributed by atoms with Crippen LogP contribution in [-0.2, 0) is 114 Å². The van der Waals surface area contributed by atoms with Crippen molar-refractivity contribution in [3.8, 4) is 0 Å². The Hall–Kier alpha value is -3.49. The molecule has 0 amide bonds. The maximum absolute atomic E-state index is 13.1. The molecule has 426 valence electrons. The molecule has 0 saturated carbocycles. The number of aliphatic carboxylic acids is 2. The van der Waals surface area contributed by atoms with Gasteiger partial charge in [0, 0.05) is 70.5 Å². The van der Waals surface area contributed by atoms with Crippen LogP contribution in [0.2, 0.25) is 0 Å². The van der Waals surface area contributed by atoms with Crippen molar-refractivity contribution in [3.05, 3.63) is 0 Å². The number of esters is 3. The molecule has 0 aliphatic carbocycles. The minimum Gasteiger partial charge on any atom is -0.479 e. The molecular weight excluding hydrogens is 1010 g/mol. The third kappa shape index (κ3) is 13.8. The molecule has 5 heterocycles. The van der Waals surface area contributed by atoms with E-state index in [2.05, 4.69) is 0 Å². The Bertz CT molecular complexity index is 1830. The molecule has 5 saturated heterocycles. The second kappa shape index (κ2) is 27.7. The van der Waals surface area contributed by atoms with E-state index in [1.165, 1.54) is 42.5 Å². The summed E-state index contributed by atoms with van der Waals surface area (Å²) in [4.78, 5) is 62.9. The lowest BCUT2D eigenvalue weighted by Crippen LogP contribution is -2.69. The molecule has 8 N–H and O–H groups in total. The number of carbonyl (C=O) groups excluding carboxylic acids is 3. The van der Waals surface area contributed by atoms with Crippen LogP contribution in [0.5, 0.6) is 0 Å². The molecule has 0 radical (unpaired) electrons. The predicted octanol–water partition coefficient (Wildman–Crippen LogP) is -5.48. The van der Waals surface area contributed by atoms with Crippen molar-refractivity contribution in [3.63, 3.8) is 0 Å². The van der Waals surface area contributed by atoms with Crippen LogP contribution < -0.4 is 5.73 Å². The van der Waals surface area contributed by atoms with E-state index >= 15 is 0 Å². The quantitative estimate of drug-likeness (QED) is 0.0371. The molecule has 0 bridgehead atoms. The number of hydrogen-bond acceptors (Lipinski definition) is 29. The zero-order valence-corrected chi connectivity index (χ0v) is 42.1. The SMILES string of the molecule is COC1C(OC)[C@H](O[C@H]2O[C@H](COC(C)=O)[C@@H](O[C@@H]3OC(C(=O)O)[C@H](O[C@@H]4OC(COC(C)=O)[C@H](OC)[C@H](OC)C4N)[C@H](OC)C3OC)C(OC(C)=O)C2O)[C@H](C(=O)O)O[C@@H]1O[C@H]1C(CO)O[C@@H](OC)C(O)[C@H]1O. The van der Waals surface area contributed by atoms with Gasteiger partial charge in [-0.1, -0.05) is 0 Å². The van der Waals surface area contributed by atoms with Gasteiger partial charge in [-0.3, -0.25) is 14.4 Å². The Balaban J connectivity index is 1.45. The van der Waals surface area contributed by atoms with Gasteiger partial charge in [-0.05, 0) is 0 Å². The molecule has 5 aliphatic heterocycles. The highest BCUT2D eigenvalue weighted by atomic mass is 16.8. The Kier molecular flexibility index (Phi) is 23.0. The smallest absolute Gasteiger partial charge is 0.335 e. The predicted molar refractivity (Wildman–Crippen MR) is 232 cm³/mol. The summed E-state index contributed by atoms with van der Waals surface area (Å²) in [6, 6.07) is -1.16. The first-order valence-corrected chi connectivity index (χ1v) is 23.0. The maximum atomic E-state index is 13.1. The van der Waals surface area contributed by atoms with Crippen molar-refractivity contribution >= 4 is 29.8 Å². The van der Waals surface area contributed by atoms with Gasteiger partial charge in [-0.2, -0.15) is 0 Å². The van der Waals surface area contributed by atoms with Crippen LogP contribution >= 0.6 is 0 Å². The summed E-state index contributed by atoms with van der Waals surface area (Å²) in [6.45, 7) is 1.34. The van der Waals surface area contributed by atoms with Gasteiger partial charge in [-0.15, -0.1) is 0 Å². The fourth-order valence-corrected chi connectivity index (χ4v) is 9.39. The third-order valence-electron chi connectivity index (χ3n) is 12.8. The second-order valence-corrected chi connectivity index (χ2v) is 17.4. The molecule has 0 aromatic heterocycles. The van der Waals surface area contributed by atoms with Crippen molar-refractivity contribution in [2.75, 3.05) is 69.6 Å². The number of carboxylic acids is 2. The standard InChI is InChI=1S/C43H69NO30/c1-14(46)63-12-18-25(56-4)27(57-5)20(44)39(67-18)71-31-29(58-6)36(61-9)43(74-33(31)37(52)53)70-26-19(13-64-15(2)47)68-41(23(51)28(26)65-16(3)48)72-32-30(59-7)35(60-8)42(73-34(32)38(54)55)69-24-17(11-45)66-40(62-10)22(50)21(24)49/h17-36,39-43,45,49-51H,11-13,44H2,1-10H3,(H,52,53)(H,54,55)/t17?,18?,19-,20?,21-,22?,23?,24+,25+,26-,27-,28?,29+,30?,31-,32+,33?,34-,35?,36?,39+,40-,41-,42+,43-/m1/s1. The second-order valence-electron chi connectivity index (χ2n) is 17.4. The van der Waals surface area contributed by atoms with Crippen molar-refractivity contribution in [2.24, 2.45) is 5.73 Å². The van der Waals surface area contributed by atoms with E-state index in [0.29, 0.717) is 0 Å². The topological polar surface area (TPSA) is 408 Å². The number of methoxy groups -OCH3 is 7. The van der Waals surface area contributed by atoms with Gasteiger partial charge >= 0.3 is 29.8 Å². The van der Waals surface area contributed by atoms with Gasteiger partial charge in [0.05, 0.1) is 12.6 Å². The van der Waals surface area contributed by atoms with Crippen molar-refractivity contribution in [1.29, 1.82) is 0 Å². The number of hydrogen-bond donors (Lipinski definition) is 7. The molecular formula is C43H69NO30. The minimum atomic E-state index is -2.14. The van der Waals surface area contributed by atoms with Gasteiger partial charge in [0.15, 0.2) is 49.8 Å². The summed E-state index contributed by atoms with van der Waals surface area (Å²) in [7, 11) is 8.54. The first kappa shape index (κ1) is 61.4. The van der Waals surface area contributed by atoms with Gasteiger partial charge in [0.25, 0.3) is 0 Å². The monoisotopic (exact) mass is 1080 g/mol. The fraction of sp³-hybridized carbons (Fsp3) is 0.884. The highest BCUT2D eigenvalue weighted by molar-refractivity contribution is 5.74. The summed E-state index contributed by atoms with van der Waals surface area (Å²) in [6.07, 6.45) is -38.6. The average Bonchev–Trinajstić information content (AvgIpc) is 3.36. The Morgan fingerprint density at radius 1 is 0.419 bits per heavy atom. The Morgan fingerprint density at radius 3 is 1.26 bits per heavy atom. The van der Waals surface area contributed by atoms with Crippen molar-refractivity contribution < 1.29 is 145 Å². The lowest BCUT2D eigenvalue weighted by atomic mass is 9.94. The highest BCUT2D eigenvalue weighted by Crippen LogP contribution is 2.39. The van der Waals surface area contributed by atoms with Crippen LogP contribution in [0, 0.1) is 0 Å². The molecule has 0 spiro atoms. The average molecular weight is 1080 g/mol. The number of nitrogens with two attached hydrogens (primary N) is 1. The fourth-order valence-electron chi connectivity index (χ4n) is 9.39. The van der Waals surface area contributed by atoms with Crippen molar-refractivity contribution in [1.82, 2.24) is 0 Å². The number of carboxylic acid groups (broad SMARTS) is 2. The number of rotatable bonds is 23. The van der Waals surface area contributed by atoms with E-state index in [0.717, 1.165) is 28.1 Å². The number of ether oxygens (including phenoxy) is 19. The van der Waals surface area contributed by atoms with Crippen LogP contribution in [0.1, 0.15) is 20.8 Å².